The highest BCUT2D eigenvalue weighted by Crippen LogP contribution is 2.38. The largest absolute Gasteiger partial charge is 0.483 e. The summed E-state index contributed by atoms with van der Waals surface area (Å²) >= 11 is 11.0. The lowest BCUT2D eigenvalue weighted by Gasteiger charge is -2.25. The zero-order valence-electron chi connectivity index (χ0n) is 20.9. The molecule has 12 heteroatoms. The lowest BCUT2D eigenvalue weighted by molar-refractivity contribution is -0.386. The number of thiazole rings is 1. The first-order chi connectivity index (χ1) is 18.0. The van der Waals surface area contributed by atoms with Crippen LogP contribution in [-0.2, 0) is 9.53 Å². The smallest absolute Gasteiger partial charge is 0.338 e. The van der Waals surface area contributed by atoms with Gasteiger partial charge in [0.2, 0.25) is 5.75 Å². The molecule has 0 spiro atoms. The van der Waals surface area contributed by atoms with Crippen molar-refractivity contribution in [3.63, 3.8) is 0 Å². The highest BCUT2D eigenvalue weighted by molar-refractivity contribution is 9.10. The van der Waals surface area contributed by atoms with Crippen molar-refractivity contribution in [3.8, 4) is 5.75 Å². The van der Waals surface area contributed by atoms with Gasteiger partial charge in [-0.2, -0.15) is 0 Å². The van der Waals surface area contributed by atoms with Gasteiger partial charge in [0.1, 0.15) is 6.04 Å². The summed E-state index contributed by atoms with van der Waals surface area (Å²) in [7, 11) is 0. The predicted molar refractivity (Wildman–Crippen MR) is 148 cm³/mol. The number of benzene rings is 2. The minimum absolute atomic E-state index is 0.108. The number of hydrogen-bond acceptors (Lipinski definition) is 8. The lowest BCUT2D eigenvalue weighted by atomic mass is 9.96. The van der Waals surface area contributed by atoms with Crippen LogP contribution in [0.2, 0.25) is 5.02 Å². The van der Waals surface area contributed by atoms with Crippen LogP contribution in [0.1, 0.15) is 44.9 Å². The highest BCUT2D eigenvalue weighted by atomic mass is 79.9. The van der Waals surface area contributed by atoms with Crippen molar-refractivity contribution in [2.24, 2.45) is 4.99 Å². The number of aromatic nitrogens is 1. The second-order valence-corrected chi connectivity index (χ2v) is 10.9. The van der Waals surface area contributed by atoms with Gasteiger partial charge in [-0.05, 0) is 73.0 Å². The zero-order valence-corrected chi connectivity index (χ0v) is 24.0. The monoisotopic (exact) mass is 619 g/mol. The summed E-state index contributed by atoms with van der Waals surface area (Å²) in [5, 5.41) is 12.1. The van der Waals surface area contributed by atoms with E-state index in [4.69, 9.17) is 21.1 Å². The molecule has 0 aliphatic carbocycles. The van der Waals surface area contributed by atoms with Crippen LogP contribution in [0.3, 0.4) is 0 Å². The van der Waals surface area contributed by atoms with Gasteiger partial charge in [-0.1, -0.05) is 41.1 Å². The van der Waals surface area contributed by atoms with Crippen LogP contribution in [0.25, 0.3) is 6.08 Å². The van der Waals surface area contributed by atoms with E-state index in [0.717, 1.165) is 11.3 Å². The number of hydrogen-bond donors (Lipinski definition) is 0. The molecule has 1 aromatic heterocycles. The predicted octanol–water partition coefficient (Wildman–Crippen LogP) is 4.91. The topological polar surface area (TPSA) is 113 Å². The van der Waals surface area contributed by atoms with Crippen molar-refractivity contribution < 1.29 is 19.2 Å². The Hall–Kier alpha value is -3.28. The van der Waals surface area contributed by atoms with Crippen molar-refractivity contribution in [1.82, 2.24) is 4.57 Å². The molecule has 3 aromatic rings. The zero-order chi connectivity index (χ0) is 27.7. The molecule has 4 rings (SSSR count). The minimum Gasteiger partial charge on any atom is -0.483 e. The molecule has 0 amide bonds. The summed E-state index contributed by atoms with van der Waals surface area (Å²) in [5.41, 5.74) is 0.936. The van der Waals surface area contributed by atoms with Gasteiger partial charge >= 0.3 is 11.7 Å². The Balaban J connectivity index is 1.95. The van der Waals surface area contributed by atoms with Crippen LogP contribution < -0.4 is 19.6 Å². The van der Waals surface area contributed by atoms with Crippen molar-refractivity contribution in [2.75, 3.05) is 6.61 Å². The molecule has 2 heterocycles. The second-order valence-electron chi connectivity index (χ2n) is 8.60. The number of ether oxygens (including phenoxy) is 2. The van der Waals surface area contributed by atoms with E-state index >= 15 is 0 Å². The number of carbonyl (C=O) groups excluding carboxylic acids is 1. The molecule has 0 N–H and O–H groups in total. The number of nitrogens with zero attached hydrogens (tertiary/aromatic N) is 3. The number of nitro benzene ring substituents is 1. The average Bonchev–Trinajstić information content (AvgIpc) is 3.14. The Morgan fingerprint density at radius 1 is 1.34 bits per heavy atom. The molecule has 0 unspecified atom stereocenters. The van der Waals surface area contributed by atoms with Crippen LogP contribution >= 0.6 is 38.9 Å². The van der Waals surface area contributed by atoms with E-state index in [1.54, 1.807) is 64.1 Å². The van der Waals surface area contributed by atoms with E-state index in [1.165, 1.54) is 10.6 Å². The maximum Gasteiger partial charge on any atom is 0.338 e. The van der Waals surface area contributed by atoms with Gasteiger partial charge in [0.05, 0.1) is 37.9 Å². The number of nitro groups is 1. The molecule has 0 radical (unpaired) electrons. The maximum absolute atomic E-state index is 13.8. The number of carbonyl (C=O) groups is 1. The molecule has 2 aromatic carbocycles. The fourth-order valence-corrected chi connectivity index (χ4v) is 5.95. The Bertz CT molecular complexity index is 1660. The molecule has 0 fully saturated rings. The van der Waals surface area contributed by atoms with E-state index in [9.17, 15) is 19.7 Å². The Morgan fingerprint density at radius 3 is 2.68 bits per heavy atom. The quantitative estimate of drug-likeness (QED) is 0.211. The van der Waals surface area contributed by atoms with Crippen LogP contribution in [-0.4, -0.2) is 28.2 Å². The Morgan fingerprint density at radius 2 is 2.05 bits per heavy atom. The van der Waals surface area contributed by atoms with Crippen molar-refractivity contribution in [2.45, 2.75) is 39.8 Å². The maximum atomic E-state index is 13.8. The van der Waals surface area contributed by atoms with Crippen molar-refractivity contribution in [1.29, 1.82) is 0 Å². The molecular weight excluding hydrogens is 598 g/mol. The highest BCUT2D eigenvalue weighted by Gasteiger charge is 2.34. The van der Waals surface area contributed by atoms with Gasteiger partial charge < -0.3 is 9.47 Å². The van der Waals surface area contributed by atoms with Gasteiger partial charge in [-0.15, -0.1) is 0 Å². The molecule has 1 aliphatic rings. The summed E-state index contributed by atoms with van der Waals surface area (Å²) in [6, 6.07) is 9.09. The summed E-state index contributed by atoms with van der Waals surface area (Å²) in [4.78, 5) is 42.9. The van der Waals surface area contributed by atoms with E-state index in [1.807, 2.05) is 0 Å². The average molecular weight is 621 g/mol. The number of rotatable bonds is 7. The standard InChI is InChI=1S/C26H23BrClN3O6S/c1-5-36-25(33)21-14(4)29-26-30(22(21)16-8-6-7-9-18(16)28)24(32)20(38-26)12-15-10-17(27)23(37-13(2)3)19(11-15)31(34)35/h6-13,22H,5H2,1-4H3/b20-12-/t22-/m1/s1. The molecule has 1 aliphatic heterocycles. The number of halogens is 2. The van der Waals surface area contributed by atoms with Crippen LogP contribution in [0.15, 0.2) is 61.9 Å². The van der Waals surface area contributed by atoms with Gasteiger partial charge in [0.25, 0.3) is 5.56 Å². The summed E-state index contributed by atoms with van der Waals surface area (Å²) < 4.78 is 13.0. The number of allylic oxidation sites excluding steroid dienone is 1. The SMILES string of the molecule is CCOC(=O)C1=C(C)N=c2s/c(=C\c3cc(Br)c(OC(C)C)c([N+](=O)[O-])c3)c(=O)n2[C@@H]1c1ccccc1Cl. The van der Waals surface area contributed by atoms with E-state index in [-0.39, 0.29) is 34.3 Å². The fourth-order valence-electron chi connectivity index (χ4n) is 4.10. The van der Waals surface area contributed by atoms with Crippen LogP contribution in [0.4, 0.5) is 5.69 Å². The Labute approximate surface area is 235 Å². The molecule has 1 atom stereocenters. The molecule has 38 heavy (non-hydrogen) atoms. The molecule has 0 saturated heterocycles. The molecule has 0 bridgehead atoms. The fraction of sp³-hybridized carbons (Fsp3) is 0.269. The van der Waals surface area contributed by atoms with Gasteiger partial charge in [0, 0.05) is 11.1 Å². The summed E-state index contributed by atoms with van der Waals surface area (Å²) in [6.45, 7) is 7.07. The van der Waals surface area contributed by atoms with Crippen molar-refractivity contribution in [3.05, 3.63) is 98.1 Å². The number of esters is 1. The third kappa shape index (κ3) is 5.31. The van der Waals surface area contributed by atoms with Gasteiger partial charge in [-0.25, -0.2) is 9.79 Å². The van der Waals surface area contributed by atoms with Crippen LogP contribution in [0.5, 0.6) is 5.75 Å². The molecular formula is C26H23BrClN3O6S. The first-order valence-electron chi connectivity index (χ1n) is 11.6. The summed E-state index contributed by atoms with van der Waals surface area (Å²) in [6.07, 6.45) is 1.27. The second kappa shape index (κ2) is 11.2. The Kier molecular flexibility index (Phi) is 8.19. The van der Waals surface area contributed by atoms with E-state index in [0.29, 0.717) is 31.1 Å². The molecule has 198 valence electrons. The lowest BCUT2D eigenvalue weighted by Crippen LogP contribution is -2.40. The van der Waals surface area contributed by atoms with E-state index in [2.05, 4.69) is 20.9 Å². The normalized spacial score (nSPS) is 15.3. The van der Waals surface area contributed by atoms with Gasteiger partial charge in [-0.3, -0.25) is 19.5 Å². The van der Waals surface area contributed by atoms with Gasteiger partial charge in [0.15, 0.2) is 4.80 Å². The van der Waals surface area contributed by atoms with Crippen LogP contribution in [0, 0.1) is 10.1 Å². The molecule has 9 nitrogen and oxygen atoms in total. The number of fused-ring (bicyclic) bond motifs is 1. The third-order valence-corrected chi connectivity index (χ3v) is 7.53. The third-order valence-electron chi connectivity index (χ3n) is 5.61. The minimum atomic E-state index is -0.857. The van der Waals surface area contributed by atoms with E-state index < -0.39 is 22.5 Å². The summed E-state index contributed by atoms with van der Waals surface area (Å²) in [5.74, 6) is -0.481. The van der Waals surface area contributed by atoms with Crippen molar-refractivity contribution >= 4 is 56.6 Å². The first kappa shape index (κ1) is 27.7. The first-order valence-corrected chi connectivity index (χ1v) is 13.6. The molecule has 0 saturated carbocycles.